The molecule has 2 unspecified atom stereocenters. The fraction of sp³-hybridized carbons (Fsp3) is 0.643. The Balaban J connectivity index is 1.87. The maximum Gasteiger partial charge on any atom is 0.406 e. The van der Waals surface area contributed by atoms with Crippen LogP contribution in [0.1, 0.15) is 35.7 Å². The van der Waals surface area contributed by atoms with Crippen molar-refractivity contribution in [2.24, 2.45) is 5.41 Å². The molecule has 7 heteroatoms. The van der Waals surface area contributed by atoms with Crippen molar-refractivity contribution in [2.45, 2.75) is 37.9 Å². The first-order chi connectivity index (χ1) is 9.85. The van der Waals surface area contributed by atoms with E-state index in [0.717, 1.165) is 24.8 Å². The molecule has 0 aromatic carbocycles. The first-order valence-corrected chi connectivity index (χ1v) is 7.83. The summed E-state index contributed by atoms with van der Waals surface area (Å²) in [6, 6.07) is 1.90. The normalized spacial score (nSPS) is 30.3. The summed E-state index contributed by atoms with van der Waals surface area (Å²) < 4.78 is 39.7. The number of halogens is 3. The highest BCUT2D eigenvalue weighted by Crippen LogP contribution is 2.49. The van der Waals surface area contributed by atoms with Crippen molar-refractivity contribution in [3.63, 3.8) is 0 Å². The van der Waals surface area contributed by atoms with E-state index in [4.69, 9.17) is 5.11 Å². The van der Waals surface area contributed by atoms with E-state index in [1.54, 1.807) is 16.2 Å². The highest BCUT2D eigenvalue weighted by atomic mass is 32.1. The Labute approximate surface area is 124 Å². The van der Waals surface area contributed by atoms with Crippen LogP contribution in [0.15, 0.2) is 11.4 Å². The minimum absolute atomic E-state index is 0.0661. The van der Waals surface area contributed by atoms with Crippen molar-refractivity contribution in [3.05, 3.63) is 21.9 Å². The first kappa shape index (κ1) is 14.8. The zero-order chi connectivity index (χ0) is 15.3. The molecule has 3 nitrogen and oxygen atoms in total. The highest BCUT2D eigenvalue weighted by Gasteiger charge is 2.64. The first-order valence-electron chi connectivity index (χ1n) is 6.95. The van der Waals surface area contributed by atoms with E-state index in [1.165, 1.54) is 4.88 Å². The van der Waals surface area contributed by atoms with Crippen LogP contribution >= 0.6 is 11.3 Å². The van der Waals surface area contributed by atoms with E-state index in [2.05, 4.69) is 0 Å². The lowest BCUT2D eigenvalue weighted by Gasteiger charge is -2.33. The lowest BCUT2D eigenvalue weighted by Crippen LogP contribution is -2.47. The Hall–Kier alpha value is -1.08. The van der Waals surface area contributed by atoms with Gasteiger partial charge in [-0.15, -0.1) is 11.3 Å². The zero-order valence-electron chi connectivity index (χ0n) is 11.3. The number of aliphatic carboxylic acids is 1. The van der Waals surface area contributed by atoms with E-state index in [1.807, 2.05) is 11.4 Å². The molecule has 1 aliphatic carbocycles. The number of fused-ring (bicyclic) bond motifs is 1. The van der Waals surface area contributed by atoms with Crippen LogP contribution in [0.25, 0.3) is 0 Å². The second-order valence-electron chi connectivity index (χ2n) is 5.81. The number of nitrogens with zero attached hydrogens (tertiary/aromatic N) is 1. The number of thiophene rings is 1. The molecule has 116 valence electrons. The van der Waals surface area contributed by atoms with E-state index < -0.39 is 24.1 Å². The quantitative estimate of drug-likeness (QED) is 0.907. The Morgan fingerprint density at radius 3 is 2.86 bits per heavy atom. The summed E-state index contributed by atoms with van der Waals surface area (Å²) in [4.78, 5) is 14.2. The van der Waals surface area contributed by atoms with Crippen molar-refractivity contribution in [3.8, 4) is 0 Å². The van der Waals surface area contributed by atoms with Gasteiger partial charge in [0.1, 0.15) is 0 Å². The van der Waals surface area contributed by atoms with Gasteiger partial charge < -0.3 is 5.11 Å². The lowest BCUT2D eigenvalue weighted by atomic mass is 9.86. The van der Waals surface area contributed by atoms with E-state index in [9.17, 15) is 18.0 Å². The van der Waals surface area contributed by atoms with Crippen LogP contribution in [0, 0.1) is 5.41 Å². The maximum absolute atomic E-state index is 13.2. The minimum Gasteiger partial charge on any atom is -0.481 e. The summed E-state index contributed by atoms with van der Waals surface area (Å²) in [7, 11) is 0. The lowest BCUT2D eigenvalue weighted by molar-refractivity contribution is -0.228. The van der Waals surface area contributed by atoms with Gasteiger partial charge >= 0.3 is 12.1 Å². The third-order valence-electron chi connectivity index (χ3n) is 4.71. The Morgan fingerprint density at radius 2 is 2.24 bits per heavy atom. The van der Waals surface area contributed by atoms with Crippen LogP contribution in [-0.4, -0.2) is 35.2 Å². The second-order valence-corrected chi connectivity index (χ2v) is 6.81. The van der Waals surface area contributed by atoms with E-state index in [0.29, 0.717) is 0 Å². The van der Waals surface area contributed by atoms with Gasteiger partial charge in [-0.1, -0.05) is 0 Å². The number of carbonyl (C=O) groups is 1. The number of hydrogen-bond donors (Lipinski definition) is 1. The third kappa shape index (κ3) is 2.26. The summed E-state index contributed by atoms with van der Waals surface area (Å²) in [5.41, 5.74) is -1.52. The Morgan fingerprint density at radius 1 is 1.48 bits per heavy atom. The smallest absolute Gasteiger partial charge is 0.406 e. The van der Waals surface area contributed by atoms with Crippen molar-refractivity contribution in [1.29, 1.82) is 0 Å². The molecule has 1 aromatic rings. The van der Waals surface area contributed by atoms with Crippen LogP contribution in [-0.2, 0) is 11.2 Å². The number of aryl methyl sites for hydroxylation is 1. The Bertz CT molecular complexity index is 557. The van der Waals surface area contributed by atoms with Gasteiger partial charge in [0.15, 0.2) is 5.41 Å². The van der Waals surface area contributed by atoms with Gasteiger partial charge in [-0.3, -0.25) is 9.69 Å². The molecule has 2 aliphatic rings. The van der Waals surface area contributed by atoms with Crippen molar-refractivity contribution in [2.75, 3.05) is 13.1 Å². The molecule has 0 radical (unpaired) electrons. The molecule has 1 fully saturated rings. The van der Waals surface area contributed by atoms with E-state index >= 15 is 0 Å². The van der Waals surface area contributed by atoms with Crippen LogP contribution in [0.3, 0.4) is 0 Å². The molecule has 2 heterocycles. The van der Waals surface area contributed by atoms with Gasteiger partial charge in [0.25, 0.3) is 0 Å². The standard InChI is InChI=1S/C14H16F3NO2S/c15-14(16,17)13(12(19)20)5-6-18(8-13)10-2-1-3-11-9(10)4-7-21-11/h4,7,10H,1-3,5-6,8H2,(H,19,20). The average Bonchev–Trinajstić information content (AvgIpc) is 3.04. The zero-order valence-corrected chi connectivity index (χ0v) is 12.1. The van der Waals surface area contributed by atoms with Crippen LogP contribution in [0.2, 0.25) is 0 Å². The largest absolute Gasteiger partial charge is 0.481 e. The number of carboxylic acids is 1. The second kappa shape index (κ2) is 4.98. The van der Waals surface area contributed by atoms with Crippen molar-refractivity contribution < 1.29 is 23.1 Å². The van der Waals surface area contributed by atoms with Gasteiger partial charge in [-0.05, 0) is 42.7 Å². The molecule has 0 amide bonds. The predicted molar refractivity (Wildman–Crippen MR) is 72.3 cm³/mol. The van der Waals surface area contributed by atoms with Gasteiger partial charge in [-0.25, -0.2) is 0 Å². The topological polar surface area (TPSA) is 40.5 Å². The molecule has 0 bridgehead atoms. The fourth-order valence-corrected chi connectivity index (χ4v) is 4.46. The monoisotopic (exact) mass is 319 g/mol. The minimum atomic E-state index is -4.71. The Kier molecular flexibility index (Phi) is 3.52. The molecule has 1 N–H and O–H groups in total. The van der Waals surface area contributed by atoms with Gasteiger partial charge in [-0.2, -0.15) is 13.2 Å². The summed E-state index contributed by atoms with van der Waals surface area (Å²) in [6.45, 7) is -0.252. The number of hydrogen-bond acceptors (Lipinski definition) is 3. The average molecular weight is 319 g/mol. The van der Waals surface area contributed by atoms with Crippen molar-refractivity contribution in [1.82, 2.24) is 4.90 Å². The van der Waals surface area contributed by atoms with Crippen molar-refractivity contribution >= 4 is 17.3 Å². The summed E-state index contributed by atoms with van der Waals surface area (Å²) in [5.74, 6) is -1.75. The van der Waals surface area contributed by atoms with Crippen LogP contribution in [0.4, 0.5) is 13.2 Å². The number of carboxylic acid groups (broad SMARTS) is 1. The number of likely N-dealkylation sites (tertiary alicyclic amines) is 1. The summed E-state index contributed by atoms with van der Waals surface area (Å²) in [5, 5.41) is 11.1. The van der Waals surface area contributed by atoms with E-state index in [-0.39, 0.29) is 19.0 Å². The number of rotatable bonds is 2. The molecule has 1 saturated heterocycles. The molecule has 0 saturated carbocycles. The highest BCUT2D eigenvalue weighted by molar-refractivity contribution is 7.10. The fourth-order valence-electron chi connectivity index (χ4n) is 3.47. The molecule has 2 atom stereocenters. The summed E-state index contributed by atoms with van der Waals surface area (Å²) >= 11 is 1.63. The predicted octanol–water partition coefficient (Wildman–Crippen LogP) is 3.46. The van der Waals surface area contributed by atoms with Crippen LogP contribution < -0.4 is 0 Å². The van der Waals surface area contributed by atoms with Gasteiger partial charge in [0, 0.05) is 24.0 Å². The molecule has 0 spiro atoms. The molecule has 1 aliphatic heterocycles. The maximum atomic E-state index is 13.2. The molecular formula is C14H16F3NO2S. The molecule has 21 heavy (non-hydrogen) atoms. The van der Waals surface area contributed by atoms with Gasteiger partial charge in [0.05, 0.1) is 0 Å². The molecular weight excluding hydrogens is 303 g/mol. The summed E-state index contributed by atoms with van der Waals surface area (Å²) in [6.07, 6.45) is -2.35. The number of alkyl halides is 3. The molecule has 3 rings (SSSR count). The van der Waals surface area contributed by atoms with Crippen LogP contribution in [0.5, 0.6) is 0 Å². The SMILES string of the molecule is O=C(O)C1(C(F)(F)F)CCN(C2CCCc3sccc32)C1. The molecule has 1 aromatic heterocycles. The van der Waals surface area contributed by atoms with Gasteiger partial charge in [0.2, 0.25) is 0 Å². The third-order valence-corrected chi connectivity index (χ3v) is 5.71.